The van der Waals surface area contributed by atoms with Crippen LogP contribution in [-0.2, 0) is 21.4 Å². The molecule has 0 fully saturated rings. The molecule has 2 aromatic rings. The van der Waals surface area contributed by atoms with Crippen LogP contribution in [0.2, 0.25) is 0 Å². The molecule has 0 atom stereocenters. The van der Waals surface area contributed by atoms with Gasteiger partial charge in [-0.05, 0) is 29.8 Å². The number of hydrogen-bond acceptors (Lipinski definition) is 4. The van der Waals surface area contributed by atoms with E-state index in [0.29, 0.717) is 11.3 Å². The molecule has 25 heavy (non-hydrogen) atoms. The van der Waals surface area contributed by atoms with E-state index in [0.717, 1.165) is 10.6 Å². The number of carbonyl (C=O) groups is 1. The Morgan fingerprint density at radius 3 is 2.44 bits per heavy atom. The summed E-state index contributed by atoms with van der Waals surface area (Å²) in [4.78, 5) is 12.2. The molecular weight excluding hydrogens is 345 g/mol. The molecule has 2 rings (SSSR count). The monoisotopic (exact) mass is 361 g/mol. The third-order valence-corrected chi connectivity index (χ3v) is 4.58. The number of amides is 1. The zero-order chi connectivity index (χ0) is 18.4. The summed E-state index contributed by atoms with van der Waals surface area (Å²) in [6, 6.07) is 13.7. The molecule has 0 aromatic heterocycles. The summed E-state index contributed by atoms with van der Waals surface area (Å²) in [6.45, 7) is -0.484. The number of sulfonamides is 1. The molecule has 0 saturated heterocycles. The van der Waals surface area contributed by atoms with Crippen molar-refractivity contribution in [3.8, 4) is 6.07 Å². The van der Waals surface area contributed by atoms with Gasteiger partial charge in [-0.3, -0.25) is 4.79 Å². The predicted octanol–water partition coefficient (Wildman–Crippen LogP) is 2.10. The third-order valence-electron chi connectivity index (χ3n) is 3.38. The number of rotatable bonds is 6. The van der Waals surface area contributed by atoms with Crippen LogP contribution < -0.4 is 5.32 Å². The minimum atomic E-state index is -3.66. The molecule has 0 radical (unpaired) electrons. The molecule has 6 nitrogen and oxygen atoms in total. The molecule has 0 aliphatic rings. The summed E-state index contributed by atoms with van der Waals surface area (Å²) in [5.41, 5.74) is 1.14. The van der Waals surface area contributed by atoms with Gasteiger partial charge in [0.25, 0.3) is 0 Å². The summed E-state index contributed by atoms with van der Waals surface area (Å²) >= 11 is 0. The lowest BCUT2D eigenvalue weighted by Crippen LogP contribution is -2.37. The van der Waals surface area contributed by atoms with E-state index in [9.17, 15) is 17.6 Å². The summed E-state index contributed by atoms with van der Waals surface area (Å²) < 4.78 is 37.8. The average molecular weight is 361 g/mol. The van der Waals surface area contributed by atoms with Gasteiger partial charge in [-0.15, -0.1) is 0 Å². The van der Waals surface area contributed by atoms with Gasteiger partial charge in [0.05, 0.1) is 24.1 Å². The highest BCUT2D eigenvalue weighted by Crippen LogP contribution is 2.14. The van der Waals surface area contributed by atoms with Gasteiger partial charge in [0.1, 0.15) is 11.9 Å². The van der Waals surface area contributed by atoms with E-state index in [1.807, 2.05) is 6.07 Å². The van der Waals surface area contributed by atoms with Crippen LogP contribution in [0.1, 0.15) is 11.1 Å². The van der Waals surface area contributed by atoms with E-state index in [-0.39, 0.29) is 12.1 Å². The molecule has 1 amide bonds. The van der Waals surface area contributed by atoms with Crippen molar-refractivity contribution >= 4 is 21.6 Å². The Labute approximate surface area is 145 Å². The molecule has 0 aliphatic carbocycles. The van der Waals surface area contributed by atoms with E-state index in [2.05, 4.69) is 5.32 Å². The average Bonchev–Trinajstić information content (AvgIpc) is 2.56. The maximum atomic E-state index is 13.0. The van der Waals surface area contributed by atoms with Gasteiger partial charge in [-0.25, -0.2) is 12.8 Å². The SMILES string of the molecule is CS(=O)(=O)N(CC(=O)Nc1ccccc1C#N)Cc1ccc(F)cc1. The molecule has 0 aliphatic heterocycles. The number of nitrogens with one attached hydrogen (secondary N) is 1. The van der Waals surface area contributed by atoms with Gasteiger partial charge in [0.15, 0.2) is 0 Å². The van der Waals surface area contributed by atoms with Crippen molar-refractivity contribution < 1.29 is 17.6 Å². The smallest absolute Gasteiger partial charge is 0.239 e. The first-order chi connectivity index (χ1) is 11.8. The van der Waals surface area contributed by atoms with Gasteiger partial charge in [0, 0.05) is 6.54 Å². The quantitative estimate of drug-likeness (QED) is 0.853. The molecule has 0 spiro atoms. The van der Waals surface area contributed by atoms with Crippen molar-refractivity contribution in [1.29, 1.82) is 5.26 Å². The van der Waals surface area contributed by atoms with Crippen LogP contribution >= 0.6 is 0 Å². The van der Waals surface area contributed by atoms with Crippen molar-refractivity contribution in [3.63, 3.8) is 0 Å². The Kier molecular flexibility index (Phi) is 5.85. The molecule has 8 heteroatoms. The van der Waals surface area contributed by atoms with Crippen molar-refractivity contribution in [3.05, 3.63) is 65.5 Å². The van der Waals surface area contributed by atoms with Gasteiger partial charge < -0.3 is 5.32 Å². The van der Waals surface area contributed by atoms with Crippen LogP contribution in [0.25, 0.3) is 0 Å². The molecule has 2 aromatic carbocycles. The Morgan fingerprint density at radius 2 is 1.84 bits per heavy atom. The van der Waals surface area contributed by atoms with Crippen molar-refractivity contribution in [2.75, 3.05) is 18.1 Å². The number of nitrogens with zero attached hydrogens (tertiary/aromatic N) is 2. The summed E-state index contributed by atoms with van der Waals surface area (Å²) in [7, 11) is -3.66. The number of carbonyl (C=O) groups excluding carboxylic acids is 1. The first-order valence-electron chi connectivity index (χ1n) is 7.28. The molecule has 0 unspecified atom stereocenters. The van der Waals surface area contributed by atoms with Crippen LogP contribution in [-0.4, -0.2) is 31.4 Å². The zero-order valence-corrected chi connectivity index (χ0v) is 14.3. The number of benzene rings is 2. The first kappa shape index (κ1) is 18.6. The Morgan fingerprint density at radius 1 is 1.20 bits per heavy atom. The van der Waals surface area contributed by atoms with Crippen LogP contribution in [0.15, 0.2) is 48.5 Å². The lowest BCUT2D eigenvalue weighted by Gasteiger charge is -2.19. The van der Waals surface area contributed by atoms with Crippen LogP contribution in [0.3, 0.4) is 0 Å². The minimum Gasteiger partial charge on any atom is -0.324 e. The Bertz CT molecular complexity index is 905. The second kappa shape index (κ2) is 7.88. The number of halogens is 1. The second-order valence-corrected chi connectivity index (χ2v) is 7.35. The fourth-order valence-electron chi connectivity index (χ4n) is 2.12. The zero-order valence-electron chi connectivity index (χ0n) is 13.4. The highest BCUT2D eigenvalue weighted by atomic mass is 32.2. The van der Waals surface area contributed by atoms with Gasteiger partial charge >= 0.3 is 0 Å². The standard InChI is InChI=1S/C17H16FN3O3S/c1-25(23,24)21(11-13-6-8-15(18)9-7-13)12-17(22)20-16-5-3-2-4-14(16)10-19/h2-9H,11-12H2,1H3,(H,20,22). The molecule has 0 bridgehead atoms. The second-order valence-electron chi connectivity index (χ2n) is 5.36. The largest absolute Gasteiger partial charge is 0.324 e. The molecular formula is C17H16FN3O3S. The first-order valence-corrected chi connectivity index (χ1v) is 9.13. The Hall–Kier alpha value is -2.76. The Balaban J connectivity index is 2.13. The lowest BCUT2D eigenvalue weighted by atomic mass is 10.2. The lowest BCUT2D eigenvalue weighted by molar-refractivity contribution is -0.116. The molecule has 1 N–H and O–H groups in total. The summed E-state index contributed by atoms with van der Waals surface area (Å²) in [5.74, 6) is -1.00. The third kappa shape index (κ3) is 5.38. The highest BCUT2D eigenvalue weighted by Gasteiger charge is 2.21. The van der Waals surface area contributed by atoms with Crippen LogP contribution in [0, 0.1) is 17.1 Å². The predicted molar refractivity (Wildman–Crippen MR) is 91.4 cm³/mol. The van der Waals surface area contributed by atoms with E-state index in [1.54, 1.807) is 24.3 Å². The van der Waals surface area contributed by atoms with Crippen molar-refractivity contribution in [2.45, 2.75) is 6.54 Å². The molecule has 0 saturated carbocycles. The normalized spacial score (nSPS) is 11.1. The number of para-hydroxylation sites is 1. The summed E-state index contributed by atoms with van der Waals surface area (Å²) in [5, 5.41) is 11.6. The number of anilines is 1. The number of hydrogen-bond donors (Lipinski definition) is 1. The fourth-order valence-corrected chi connectivity index (χ4v) is 2.86. The maximum Gasteiger partial charge on any atom is 0.239 e. The van der Waals surface area contributed by atoms with Crippen LogP contribution in [0.5, 0.6) is 0 Å². The highest BCUT2D eigenvalue weighted by molar-refractivity contribution is 7.88. The minimum absolute atomic E-state index is 0.0631. The van der Waals surface area contributed by atoms with Crippen molar-refractivity contribution in [1.82, 2.24) is 4.31 Å². The van der Waals surface area contributed by atoms with Gasteiger partial charge in [0.2, 0.25) is 15.9 Å². The van der Waals surface area contributed by atoms with Gasteiger partial charge in [-0.2, -0.15) is 9.57 Å². The van der Waals surface area contributed by atoms with E-state index in [1.165, 1.54) is 24.3 Å². The number of nitriles is 1. The summed E-state index contributed by atoms with van der Waals surface area (Å²) in [6.07, 6.45) is 0.993. The van der Waals surface area contributed by atoms with E-state index in [4.69, 9.17) is 5.26 Å². The fraction of sp³-hybridized carbons (Fsp3) is 0.176. The topological polar surface area (TPSA) is 90.3 Å². The maximum absolute atomic E-state index is 13.0. The van der Waals surface area contributed by atoms with Crippen molar-refractivity contribution in [2.24, 2.45) is 0 Å². The van der Waals surface area contributed by atoms with Crippen LogP contribution in [0.4, 0.5) is 10.1 Å². The molecule has 130 valence electrons. The molecule has 0 heterocycles. The van der Waals surface area contributed by atoms with E-state index >= 15 is 0 Å². The van der Waals surface area contributed by atoms with E-state index < -0.39 is 28.3 Å². The van der Waals surface area contributed by atoms with Gasteiger partial charge in [-0.1, -0.05) is 24.3 Å².